The van der Waals surface area contributed by atoms with Crippen LogP contribution >= 0.6 is 11.3 Å². The highest BCUT2D eigenvalue weighted by Crippen LogP contribution is 2.48. The van der Waals surface area contributed by atoms with Crippen molar-refractivity contribution in [2.75, 3.05) is 20.5 Å². The lowest BCUT2D eigenvalue weighted by Gasteiger charge is -2.28. The summed E-state index contributed by atoms with van der Waals surface area (Å²) in [5.41, 5.74) is 4.01. The van der Waals surface area contributed by atoms with E-state index in [2.05, 4.69) is 80.1 Å². The molecule has 1 saturated carbocycles. The summed E-state index contributed by atoms with van der Waals surface area (Å²) in [6.07, 6.45) is 11.6. The summed E-state index contributed by atoms with van der Waals surface area (Å²) < 4.78 is 75.8. The van der Waals surface area contributed by atoms with Crippen molar-refractivity contribution >= 4 is 44.0 Å². The topological polar surface area (TPSA) is 146 Å². The number of ketones is 1. The second-order valence-electron chi connectivity index (χ2n) is 17.9. The van der Waals surface area contributed by atoms with Crippen LogP contribution in [0.2, 0.25) is 0 Å². The van der Waals surface area contributed by atoms with Crippen LogP contribution in [0.4, 0.5) is 13.2 Å². The number of unbranched alkanes of at least 4 members (excludes halogenated alkanes) is 5. The van der Waals surface area contributed by atoms with Gasteiger partial charge in [-0.15, -0.1) is 37.7 Å². The standard InChI is InChI=1S/C23H42N2O4S.C18H20N2O2S.C8H7F3O.C3H8.C2H4/c1-6-7-14-18(2)22(27)24-23(20(4)25-30(5,28)29)17-21(23)16-13-11-9-8-10-12-15-19(3)26;1-10(2)14-9-23-18(20-14)13-8-16(22-5)12-6-7-15(21-4)11(3)17(12)19-13;1-6-3-2-4-7(5-6)12-8(9,10)11;1-3-2;1-2/h13,16,18,20-21,25H,6-12,14-15,17H2,1-5H3,(H,24,27);6-10H,1-5H3;2-5H,1H3;3H2,1-2H3;1-2H2/b16-13-;;;;/t18?,20?,21?,23-;;;;/m0..../s1. The summed E-state index contributed by atoms with van der Waals surface area (Å²) in [4.78, 5) is 33.2. The first-order valence-corrected chi connectivity index (χ1v) is 27.0. The van der Waals surface area contributed by atoms with Gasteiger partial charge in [0.25, 0.3) is 0 Å². The average molecular weight is 1020 g/mol. The molecule has 2 aromatic heterocycles. The minimum atomic E-state index is -4.60. The van der Waals surface area contributed by atoms with E-state index in [4.69, 9.17) is 19.4 Å². The third-order valence-corrected chi connectivity index (χ3v) is 12.8. The van der Waals surface area contributed by atoms with Gasteiger partial charge in [0.05, 0.1) is 37.2 Å². The Labute approximate surface area is 421 Å². The van der Waals surface area contributed by atoms with Crippen LogP contribution in [-0.2, 0) is 19.6 Å². The number of alkyl halides is 3. The maximum absolute atomic E-state index is 12.7. The lowest BCUT2D eigenvalue weighted by molar-refractivity contribution is -0.274. The number of rotatable bonds is 21. The first-order valence-electron chi connectivity index (χ1n) is 24.2. The van der Waals surface area contributed by atoms with Gasteiger partial charge in [-0.1, -0.05) is 97.9 Å². The van der Waals surface area contributed by atoms with Gasteiger partial charge in [-0.05, 0) is 95.5 Å². The number of thiazole rings is 1. The van der Waals surface area contributed by atoms with Crippen LogP contribution in [0.3, 0.4) is 0 Å². The van der Waals surface area contributed by atoms with E-state index in [9.17, 15) is 31.2 Å². The number of allylic oxidation sites excluding steroid dienone is 1. The SMILES string of the molecule is C=C.CCC.CCCCC(C)C(=O)N[C@]1(C(C)NS(C)(=O)=O)CC1/C=C\CCCCCCC(C)=O.COc1ccc2c(OC)cc(-c3nc(C(C)C)cs3)nc2c1C.Cc1cccc(OC(F)(F)F)c1. The van der Waals surface area contributed by atoms with Gasteiger partial charge in [-0.25, -0.2) is 23.1 Å². The minimum Gasteiger partial charge on any atom is -0.496 e. The molecule has 0 spiro atoms. The van der Waals surface area contributed by atoms with Gasteiger partial charge in [0, 0.05) is 46.7 Å². The normalized spacial score (nSPS) is 15.9. The summed E-state index contributed by atoms with van der Waals surface area (Å²) in [6, 6.07) is 11.3. The zero-order valence-corrected chi connectivity index (χ0v) is 45.6. The van der Waals surface area contributed by atoms with Crippen molar-refractivity contribution in [3.63, 3.8) is 0 Å². The van der Waals surface area contributed by atoms with E-state index in [1.54, 1.807) is 45.5 Å². The third-order valence-electron chi connectivity index (χ3n) is 11.2. The molecular formula is C54H81F3N4O7S2. The van der Waals surface area contributed by atoms with Crippen molar-refractivity contribution in [1.82, 2.24) is 20.0 Å². The Morgan fingerprint density at radius 2 is 1.59 bits per heavy atom. The van der Waals surface area contributed by atoms with Crippen LogP contribution in [0.25, 0.3) is 21.6 Å². The summed E-state index contributed by atoms with van der Waals surface area (Å²) in [5.74, 6) is 2.18. The number of carbonyl (C=O) groups is 2. The zero-order chi connectivity index (χ0) is 53.2. The van der Waals surface area contributed by atoms with Gasteiger partial charge in [0.2, 0.25) is 15.9 Å². The van der Waals surface area contributed by atoms with Crippen molar-refractivity contribution in [3.8, 4) is 28.0 Å². The molecule has 392 valence electrons. The van der Waals surface area contributed by atoms with Gasteiger partial charge >= 0.3 is 6.36 Å². The van der Waals surface area contributed by atoms with E-state index < -0.39 is 21.9 Å². The van der Waals surface area contributed by atoms with Crippen molar-refractivity contribution in [3.05, 3.63) is 90.0 Å². The number of nitrogens with one attached hydrogen (secondary N) is 2. The molecule has 1 aliphatic carbocycles. The quantitative estimate of drug-likeness (QED) is 0.0615. The molecule has 16 heteroatoms. The smallest absolute Gasteiger partial charge is 0.496 e. The number of aryl methyl sites for hydroxylation is 2. The molecule has 0 aliphatic heterocycles. The van der Waals surface area contributed by atoms with Crippen LogP contribution in [0.5, 0.6) is 17.2 Å². The van der Waals surface area contributed by atoms with Crippen LogP contribution < -0.4 is 24.2 Å². The number of hydrogen-bond acceptors (Lipinski definition) is 10. The van der Waals surface area contributed by atoms with Crippen LogP contribution in [0, 0.1) is 25.7 Å². The Bertz CT molecular complexity index is 2340. The average Bonchev–Trinajstić information content (AvgIpc) is 3.74. The fourth-order valence-corrected chi connectivity index (χ4v) is 9.12. The molecule has 4 atom stereocenters. The number of Topliss-reactive ketones (excluding diaryl/α,β-unsaturated/α-hetero) is 1. The van der Waals surface area contributed by atoms with Crippen molar-refractivity contribution < 1.29 is 45.4 Å². The largest absolute Gasteiger partial charge is 0.573 e. The molecular weight excluding hydrogens is 938 g/mol. The van der Waals surface area contributed by atoms with E-state index in [0.29, 0.717) is 12.3 Å². The number of halogens is 3. The van der Waals surface area contributed by atoms with Crippen LogP contribution in [0.15, 0.2) is 73.2 Å². The number of benzene rings is 2. The summed E-state index contributed by atoms with van der Waals surface area (Å²) in [6.45, 7) is 25.8. The van der Waals surface area contributed by atoms with E-state index in [1.807, 2.05) is 39.0 Å². The van der Waals surface area contributed by atoms with Gasteiger partial charge < -0.3 is 24.3 Å². The molecule has 0 bridgehead atoms. The Morgan fingerprint density at radius 3 is 2.13 bits per heavy atom. The van der Waals surface area contributed by atoms with Crippen LogP contribution in [0.1, 0.15) is 149 Å². The number of carbonyl (C=O) groups excluding carboxylic acids is 2. The van der Waals surface area contributed by atoms with E-state index in [-0.39, 0.29) is 35.3 Å². The monoisotopic (exact) mass is 1020 g/mol. The Kier molecular flexibility index (Phi) is 28.5. The number of nitrogens with zero attached hydrogens (tertiary/aromatic N) is 2. The number of amides is 1. The Balaban J connectivity index is 0.000000537. The second-order valence-corrected chi connectivity index (χ2v) is 20.5. The molecule has 2 aromatic carbocycles. The van der Waals surface area contributed by atoms with E-state index >= 15 is 0 Å². The molecule has 0 radical (unpaired) electrons. The van der Waals surface area contributed by atoms with Gasteiger partial charge in [0.1, 0.15) is 33.7 Å². The van der Waals surface area contributed by atoms with Crippen LogP contribution in [-0.4, -0.2) is 68.5 Å². The van der Waals surface area contributed by atoms with Crippen molar-refractivity contribution in [2.24, 2.45) is 11.8 Å². The molecule has 3 unspecified atom stereocenters. The molecule has 70 heavy (non-hydrogen) atoms. The molecule has 2 N–H and O–H groups in total. The predicted molar refractivity (Wildman–Crippen MR) is 282 cm³/mol. The molecule has 2 heterocycles. The Morgan fingerprint density at radius 1 is 0.943 bits per heavy atom. The maximum atomic E-state index is 12.7. The lowest BCUT2D eigenvalue weighted by Crippen LogP contribution is -2.54. The number of ether oxygens (including phenoxy) is 3. The second kappa shape index (κ2) is 31.5. The number of methoxy groups -OCH3 is 2. The molecule has 1 aliphatic rings. The highest BCUT2D eigenvalue weighted by atomic mass is 32.2. The summed E-state index contributed by atoms with van der Waals surface area (Å²) in [5, 5.41) is 7.17. The number of aromatic nitrogens is 2. The minimum absolute atomic E-state index is 0.00646. The van der Waals surface area contributed by atoms with Gasteiger partial charge in [-0.3, -0.25) is 4.79 Å². The molecule has 11 nitrogen and oxygen atoms in total. The lowest BCUT2D eigenvalue weighted by atomic mass is 10.00. The fraction of sp³-hybridized carbons (Fsp3) is 0.556. The number of fused-ring (bicyclic) bond motifs is 1. The first-order chi connectivity index (χ1) is 32.9. The summed E-state index contributed by atoms with van der Waals surface area (Å²) in [7, 11) is -0.00202. The van der Waals surface area contributed by atoms with Crippen molar-refractivity contribution in [1.29, 1.82) is 0 Å². The van der Waals surface area contributed by atoms with E-state index in [0.717, 1.165) is 114 Å². The Hall–Kier alpha value is -4.80. The number of hydrogen-bond donors (Lipinski definition) is 2. The first kappa shape index (κ1) is 63.2. The number of sulfonamides is 1. The van der Waals surface area contributed by atoms with Crippen molar-refractivity contribution in [2.45, 2.75) is 164 Å². The molecule has 4 aromatic rings. The maximum Gasteiger partial charge on any atom is 0.573 e. The molecule has 0 saturated heterocycles. The van der Waals surface area contributed by atoms with Gasteiger partial charge in [0.15, 0.2) is 0 Å². The number of pyridine rings is 1. The highest BCUT2D eigenvalue weighted by molar-refractivity contribution is 7.88. The zero-order valence-electron chi connectivity index (χ0n) is 44.0. The highest BCUT2D eigenvalue weighted by Gasteiger charge is 2.58. The molecule has 5 rings (SSSR count). The predicted octanol–water partition coefficient (Wildman–Crippen LogP) is 14.0. The molecule has 1 amide bonds. The van der Waals surface area contributed by atoms with Gasteiger partial charge in [-0.2, -0.15) is 0 Å². The fourth-order valence-electron chi connectivity index (χ4n) is 7.33. The summed E-state index contributed by atoms with van der Waals surface area (Å²) >= 11 is 1.61. The van der Waals surface area contributed by atoms with E-state index in [1.165, 1.54) is 24.6 Å². The third kappa shape index (κ3) is 22.5. The molecule has 1 fully saturated rings.